The van der Waals surface area contributed by atoms with Gasteiger partial charge >= 0.3 is 0 Å². The molecule has 4 heterocycles. The third-order valence-corrected chi connectivity index (χ3v) is 7.63. The zero-order valence-electron chi connectivity index (χ0n) is 18.9. The molecule has 4 aliphatic rings. The Kier molecular flexibility index (Phi) is 5.20. The number of ether oxygens (including phenoxy) is 1. The van der Waals surface area contributed by atoms with E-state index >= 15 is 0 Å². The first-order chi connectivity index (χ1) is 16.1. The summed E-state index contributed by atoms with van der Waals surface area (Å²) in [5.41, 5.74) is 2.00. The molecule has 2 aliphatic carbocycles. The minimum atomic E-state index is -0.563. The van der Waals surface area contributed by atoms with Gasteiger partial charge < -0.3 is 15.0 Å². The maximum absolute atomic E-state index is 13.7. The third-order valence-electron chi connectivity index (χ3n) is 7.63. The minimum absolute atomic E-state index is 0.0175. The van der Waals surface area contributed by atoms with Gasteiger partial charge in [-0.15, -0.1) is 0 Å². The highest BCUT2D eigenvalue weighted by molar-refractivity contribution is 5.88. The molecule has 1 saturated carbocycles. The maximum atomic E-state index is 13.7. The second-order valence-corrected chi connectivity index (χ2v) is 9.87. The monoisotopic (exact) mass is 451 g/mol. The highest BCUT2D eigenvalue weighted by Crippen LogP contribution is 2.52. The van der Waals surface area contributed by atoms with Crippen LogP contribution in [0.4, 0.5) is 4.39 Å². The summed E-state index contributed by atoms with van der Waals surface area (Å²) in [5, 5.41) is 8.09. The van der Waals surface area contributed by atoms with Crippen molar-refractivity contribution in [1.82, 2.24) is 25.0 Å². The Morgan fingerprint density at radius 1 is 1.15 bits per heavy atom. The number of aromatic nitrogens is 3. The van der Waals surface area contributed by atoms with Crippen LogP contribution in [0.3, 0.4) is 0 Å². The molecule has 2 aromatic heterocycles. The summed E-state index contributed by atoms with van der Waals surface area (Å²) >= 11 is 0. The predicted octanol–water partition coefficient (Wildman–Crippen LogP) is 3.55. The lowest BCUT2D eigenvalue weighted by atomic mass is 9.69. The fourth-order valence-corrected chi connectivity index (χ4v) is 5.70. The van der Waals surface area contributed by atoms with Crippen LogP contribution in [0.2, 0.25) is 0 Å². The van der Waals surface area contributed by atoms with Crippen molar-refractivity contribution in [3.63, 3.8) is 0 Å². The zero-order chi connectivity index (χ0) is 22.5. The van der Waals surface area contributed by atoms with Gasteiger partial charge in [0, 0.05) is 41.3 Å². The second-order valence-electron chi connectivity index (χ2n) is 9.87. The molecule has 33 heavy (non-hydrogen) atoms. The van der Waals surface area contributed by atoms with E-state index in [0.29, 0.717) is 6.04 Å². The van der Waals surface area contributed by atoms with Crippen molar-refractivity contribution in [3.8, 4) is 5.88 Å². The lowest BCUT2D eigenvalue weighted by molar-refractivity contribution is -0.140. The van der Waals surface area contributed by atoms with Crippen LogP contribution in [0.5, 0.6) is 5.88 Å². The molecule has 8 heteroatoms. The first-order valence-corrected chi connectivity index (χ1v) is 12.2. The number of carbonyl (C=O) groups excluding carboxylic acids is 1. The fourth-order valence-electron chi connectivity index (χ4n) is 5.70. The van der Waals surface area contributed by atoms with E-state index in [4.69, 9.17) is 9.84 Å². The van der Waals surface area contributed by atoms with Gasteiger partial charge in [-0.05, 0) is 64.6 Å². The van der Waals surface area contributed by atoms with Crippen LogP contribution >= 0.6 is 0 Å². The predicted molar refractivity (Wildman–Crippen MR) is 121 cm³/mol. The van der Waals surface area contributed by atoms with E-state index < -0.39 is 5.95 Å². The summed E-state index contributed by atoms with van der Waals surface area (Å²) in [6.07, 6.45) is 9.95. The lowest BCUT2D eigenvalue weighted by Crippen LogP contribution is -2.59. The number of hydrogen-bond acceptors (Lipinski definition) is 5. The molecule has 0 radical (unpaired) electrons. The Hall–Kier alpha value is -2.74. The number of amides is 1. The Bertz CT molecular complexity index is 1090. The molecule has 2 aromatic rings. The van der Waals surface area contributed by atoms with Gasteiger partial charge in [-0.2, -0.15) is 14.5 Å². The normalized spacial score (nSPS) is 27.8. The molecule has 0 spiro atoms. The smallest absolute Gasteiger partial charge is 0.226 e. The fraction of sp³-hybridized carbons (Fsp3) is 0.560. The molecule has 3 atom stereocenters. The zero-order valence-corrected chi connectivity index (χ0v) is 18.9. The number of piperidine rings is 2. The standard InChI is InChI=1S/C25H30FN5O2/c1-15-5-8-19-23(31(15)25(32)16-6-7-16)22(24(19)33-21-4-2-3-20(26)29-21)17-13-28-30(14-17)18-9-11-27-12-10-18/h2-4,13-16,18-19,23,27H,5-12H2,1H3/t15-,19?,23+/m0/s1. The Balaban J connectivity index is 1.38. The van der Waals surface area contributed by atoms with Gasteiger partial charge in [-0.3, -0.25) is 9.48 Å². The molecule has 1 N–H and O–H groups in total. The Morgan fingerprint density at radius 2 is 1.97 bits per heavy atom. The van der Waals surface area contributed by atoms with E-state index in [1.54, 1.807) is 12.1 Å². The number of pyridine rings is 1. The van der Waals surface area contributed by atoms with Crippen LogP contribution < -0.4 is 10.1 Å². The van der Waals surface area contributed by atoms with Crippen molar-refractivity contribution < 1.29 is 13.9 Å². The summed E-state index contributed by atoms with van der Waals surface area (Å²) in [4.78, 5) is 19.3. The first kappa shape index (κ1) is 20.8. The topological polar surface area (TPSA) is 72.3 Å². The summed E-state index contributed by atoms with van der Waals surface area (Å²) in [5.74, 6) is 1.04. The highest BCUT2D eigenvalue weighted by Gasteiger charge is 2.53. The van der Waals surface area contributed by atoms with Gasteiger partial charge in [0.05, 0.1) is 18.3 Å². The minimum Gasteiger partial charge on any atom is -0.443 e. The lowest BCUT2D eigenvalue weighted by Gasteiger charge is -2.52. The molecule has 1 unspecified atom stereocenters. The van der Waals surface area contributed by atoms with Crippen LogP contribution in [0.25, 0.3) is 5.57 Å². The summed E-state index contributed by atoms with van der Waals surface area (Å²) < 4.78 is 22.0. The van der Waals surface area contributed by atoms with Crippen molar-refractivity contribution in [3.05, 3.63) is 47.9 Å². The molecule has 7 nitrogen and oxygen atoms in total. The van der Waals surface area contributed by atoms with E-state index in [-0.39, 0.29) is 35.7 Å². The summed E-state index contributed by atoms with van der Waals surface area (Å²) in [7, 11) is 0. The van der Waals surface area contributed by atoms with E-state index in [1.807, 2.05) is 6.20 Å². The van der Waals surface area contributed by atoms with E-state index in [2.05, 4.69) is 33.0 Å². The van der Waals surface area contributed by atoms with Gasteiger partial charge in [0.1, 0.15) is 5.76 Å². The summed E-state index contributed by atoms with van der Waals surface area (Å²) in [6, 6.07) is 5.15. The number of nitrogens with one attached hydrogen (secondary N) is 1. The molecule has 3 fully saturated rings. The SMILES string of the molecule is C[C@H]1CCC2C(Oc3cccc(F)n3)=C(c3cnn(C4CCNCC4)c3)[C@@H]2N1C(=O)C1CC1. The van der Waals surface area contributed by atoms with Crippen LogP contribution in [0.15, 0.2) is 36.4 Å². The number of carbonyl (C=O) groups is 1. The number of halogens is 1. The van der Waals surface area contributed by atoms with Crippen molar-refractivity contribution >= 4 is 11.5 Å². The number of fused-ring (bicyclic) bond motifs is 1. The number of nitrogens with zero attached hydrogens (tertiary/aromatic N) is 4. The van der Waals surface area contributed by atoms with Crippen LogP contribution in [0, 0.1) is 17.8 Å². The molecule has 6 rings (SSSR count). The molecule has 174 valence electrons. The van der Waals surface area contributed by atoms with Gasteiger partial charge in [-0.1, -0.05) is 6.07 Å². The van der Waals surface area contributed by atoms with Crippen LogP contribution in [-0.2, 0) is 4.79 Å². The number of rotatable bonds is 5. The van der Waals surface area contributed by atoms with Crippen LogP contribution in [0.1, 0.15) is 57.1 Å². The number of hydrogen-bond donors (Lipinski definition) is 1. The largest absolute Gasteiger partial charge is 0.443 e. The third kappa shape index (κ3) is 3.74. The van der Waals surface area contributed by atoms with Crippen molar-refractivity contribution in [2.45, 2.75) is 63.6 Å². The van der Waals surface area contributed by atoms with Crippen LogP contribution in [-0.4, -0.2) is 50.7 Å². The van der Waals surface area contributed by atoms with Gasteiger partial charge in [0.25, 0.3) is 0 Å². The van der Waals surface area contributed by atoms with Crippen molar-refractivity contribution in [2.24, 2.45) is 11.8 Å². The van der Waals surface area contributed by atoms with Gasteiger partial charge in [0.15, 0.2) is 0 Å². The van der Waals surface area contributed by atoms with Crippen molar-refractivity contribution in [2.75, 3.05) is 13.1 Å². The average Bonchev–Trinajstić information content (AvgIpc) is 3.56. The Labute approximate surface area is 193 Å². The van der Waals surface area contributed by atoms with Gasteiger partial charge in [0.2, 0.25) is 17.7 Å². The highest BCUT2D eigenvalue weighted by atomic mass is 19.1. The second kappa shape index (κ2) is 8.24. The van der Waals surface area contributed by atoms with Crippen molar-refractivity contribution in [1.29, 1.82) is 0 Å². The molecular formula is C25H30FN5O2. The number of likely N-dealkylation sites (tertiary alicyclic amines) is 1. The molecule has 0 aromatic carbocycles. The quantitative estimate of drug-likeness (QED) is 0.704. The van der Waals surface area contributed by atoms with E-state index in [9.17, 15) is 9.18 Å². The van der Waals surface area contributed by atoms with E-state index in [1.165, 1.54) is 6.07 Å². The molecule has 0 bridgehead atoms. The average molecular weight is 452 g/mol. The maximum Gasteiger partial charge on any atom is 0.226 e. The molecule has 2 aliphatic heterocycles. The molecular weight excluding hydrogens is 421 g/mol. The summed E-state index contributed by atoms with van der Waals surface area (Å²) in [6.45, 7) is 4.14. The first-order valence-electron chi connectivity index (χ1n) is 12.2. The van der Waals surface area contributed by atoms with Gasteiger partial charge in [-0.25, -0.2) is 0 Å². The molecule has 1 amide bonds. The van der Waals surface area contributed by atoms with E-state index in [0.717, 1.165) is 68.5 Å². The Morgan fingerprint density at radius 3 is 2.73 bits per heavy atom. The molecule has 2 saturated heterocycles.